The van der Waals surface area contributed by atoms with Gasteiger partial charge in [0.05, 0.1) is 18.1 Å². The summed E-state index contributed by atoms with van der Waals surface area (Å²) in [5.74, 6) is 0.947. The molecular formula is C6H10FNO4S2. The summed E-state index contributed by atoms with van der Waals surface area (Å²) in [6, 6.07) is 1.97. The molecule has 0 aliphatic rings. The lowest BCUT2D eigenvalue weighted by Crippen LogP contribution is -2.23. The van der Waals surface area contributed by atoms with Gasteiger partial charge in [0, 0.05) is 0 Å². The summed E-state index contributed by atoms with van der Waals surface area (Å²) >= 11 is 1.64. The van der Waals surface area contributed by atoms with Gasteiger partial charge in [-0.3, -0.25) is 0 Å². The van der Waals surface area contributed by atoms with Crippen LogP contribution in [0.4, 0.5) is 3.89 Å². The van der Waals surface area contributed by atoms with Crippen LogP contribution in [0.15, 0.2) is 11.4 Å². The molecule has 8 heteroatoms. The first-order chi connectivity index (χ1) is 6.34. The Bertz CT molecular complexity index is 354. The van der Waals surface area contributed by atoms with Crippen molar-refractivity contribution in [2.75, 3.05) is 6.61 Å². The van der Waals surface area contributed by atoms with E-state index in [-0.39, 0.29) is 0 Å². The quantitative estimate of drug-likeness (QED) is 0.428. The smallest absolute Gasteiger partial charge is 0.382 e. The molecule has 0 aromatic carbocycles. The lowest BCUT2D eigenvalue weighted by molar-refractivity contribution is -0.608. The molecule has 1 aromatic rings. The van der Waals surface area contributed by atoms with Gasteiger partial charge in [-0.25, -0.2) is 8.42 Å². The van der Waals surface area contributed by atoms with Crippen molar-refractivity contribution in [1.82, 2.24) is 0 Å². The van der Waals surface area contributed by atoms with Gasteiger partial charge in [0.15, 0.2) is 7.05 Å². The third kappa shape index (κ3) is 7.90. The summed E-state index contributed by atoms with van der Waals surface area (Å²) in [4.78, 5) is 0. The Kier molecular flexibility index (Phi) is 5.58. The molecule has 82 valence electrons. The Morgan fingerprint density at radius 2 is 2.21 bits per heavy atom. The molecule has 0 fully saturated rings. The van der Waals surface area contributed by atoms with Gasteiger partial charge in [-0.15, -0.1) is 7.84 Å². The third-order valence-corrected chi connectivity index (χ3v) is 1.79. The van der Waals surface area contributed by atoms with Gasteiger partial charge < -0.3 is 9.29 Å². The zero-order valence-corrected chi connectivity index (χ0v) is 9.27. The predicted octanol–water partition coefficient (Wildman–Crippen LogP) is 0.387. The summed E-state index contributed by atoms with van der Waals surface area (Å²) in [6.45, 7) is 2.72. The molecule has 0 saturated carbocycles. The fraction of sp³-hybridized carbons (Fsp3) is 0.500. The lowest BCUT2D eigenvalue weighted by atomic mass is 10.7. The van der Waals surface area contributed by atoms with Crippen molar-refractivity contribution in [3.05, 3.63) is 11.4 Å². The van der Waals surface area contributed by atoms with E-state index in [2.05, 4.69) is 0 Å². The average Bonchev–Trinajstić information content (AvgIpc) is 2.34. The Morgan fingerprint density at radius 1 is 1.71 bits per heavy atom. The zero-order chi connectivity index (χ0) is 11.2. The van der Waals surface area contributed by atoms with Crippen molar-refractivity contribution in [1.29, 1.82) is 0 Å². The average molecular weight is 243 g/mol. The molecule has 14 heavy (non-hydrogen) atoms. The van der Waals surface area contributed by atoms with Gasteiger partial charge in [-0.2, -0.15) is 0 Å². The molecule has 0 spiro atoms. The molecule has 0 aliphatic heterocycles. The minimum atomic E-state index is -5.42. The van der Waals surface area contributed by atoms with Crippen LogP contribution in [0.1, 0.15) is 6.92 Å². The van der Waals surface area contributed by atoms with Crippen LogP contribution < -0.4 is 8.69 Å². The molecule has 0 radical (unpaired) electrons. The maximum Gasteiger partial charge on any atom is 0.382 e. The van der Waals surface area contributed by atoms with Crippen molar-refractivity contribution >= 4 is 22.0 Å². The number of aryl methyl sites for hydroxylation is 1. The third-order valence-electron chi connectivity index (χ3n) is 1.03. The van der Waals surface area contributed by atoms with Crippen LogP contribution in [0.25, 0.3) is 0 Å². The number of ether oxygens (including phenoxy) is 1. The standard InChI is InChI=1S/C6H10NOS.FHO3S/c1-3-8-6-4-5-9-7(6)2;1-5(2,3)4/h4-5H,3H2,1-2H3;(H,2,3,4)/q+1;/p-1. The van der Waals surface area contributed by atoms with E-state index in [1.165, 1.54) is 0 Å². The van der Waals surface area contributed by atoms with Gasteiger partial charge in [0.25, 0.3) is 10.5 Å². The molecule has 0 aliphatic carbocycles. The molecule has 1 aromatic heterocycles. The van der Waals surface area contributed by atoms with Crippen molar-refractivity contribution in [3.8, 4) is 5.88 Å². The normalized spacial score (nSPS) is 10.3. The lowest BCUT2D eigenvalue weighted by Gasteiger charge is -1.91. The van der Waals surface area contributed by atoms with Crippen LogP contribution in [-0.2, 0) is 17.6 Å². The van der Waals surface area contributed by atoms with Crippen LogP contribution in [0, 0.1) is 0 Å². The second-order valence-corrected chi connectivity index (χ2v) is 3.89. The van der Waals surface area contributed by atoms with E-state index in [0.717, 1.165) is 12.5 Å². The molecule has 5 nitrogen and oxygen atoms in total. The van der Waals surface area contributed by atoms with Gasteiger partial charge in [0.1, 0.15) is 11.5 Å². The molecule has 0 atom stereocenters. The highest BCUT2D eigenvalue weighted by Crippen LogP contribution is 2.04. The molecular weight excluding hydrogens is 233 g/mol. The first-order valence-corrected chi connectivity index (χ1v) is 5.71. The highest BCUT2D eigenvalue weighted by Gasteiger charge is 2.05. The number of rotatable bonds is 2. The molecule has 0 unspecified atom stereocenters. The molecule has 0 N–H and O–H groups in total. The van der Waals surface area contributed by atoms with E-state index in [4.69, 9.17) is 17.7 Å². The Labute approximate surface area is 85.9 Å². The second-order valence-electron chi connectivity index (χ2n) is 2.07. The van der Waals surface area contributed by atoms with E-state index in [9.17, 15) is 3.89 Å². The SMILES string of the molecule is CCOc1ccs[n+]1C.O=S(=O)([O-])F. The molecule has 1 rings (SSSR count). The van der Waals surface area contributed by atoms with Crippen LogP contribution >= 0.6 is 11.5 Å². The zero-order valence-electron chi connectivity index (χ0n) is 7.64. The van der Waals surface area contributed by atoms with Crippen LogP contribution in [0.5, 0.6) is 5.88 Å². The van der Waals surface area contributed by atoms with Crippen molar-refractivity contribution in [2.24, 2.45) is 7.05 Å². The van der Waals surface area contributed by atoms with Crippen LogP contribution in [0.2, 0.25) is 0 Å². The van der Waals surface area contributed by atoms with Gasteiger partial charge in [-0.1, -0.05) is 0 Å². The van der Waals surface area contributed by atoms with Crippen molar-refractivity contribution in [3.63, 3.8) is 0 Å². The number of hydrogen-bond donors (Lipinski definition) is 0. The Morgan fingerprint density at radius 3 is 2.50 bits per heavy atom. The number of halogens is 1. The van der Waals surface area contributed by atoms with Gasteiger partial charge >= 0.3 is 5.88 Å². The largest absolute Gasteiger partial charge is 0.722 e. The first-order valence-electron chi connectivity index (χ1n) is 3.57. The Hall–Kier alpha value is -0.730. The maximum atomic E-state index is 10.1. The summed E-state index contributed by atoms with van der Waals surface area (Å²) in [5, 5.41) is 2.00. The number of aromatic nitrogens is 1. The van der Waals surface area contributed by atoms with Crippen LogP contribution in [-0.4, -0.2) is 19.6 Å². The minimum absolute atomic E-state index is 0.741. The molecule has 0 bridgehead atoms. The summed E-state index contributed by atoms with van der Waals surface area (Å²) in [7, 11) is -3.43. The van der Waals surface area contributed by atoms with E-state index < -0.39 is 10.5 Å². The van der Waals surface area contributed by atoms with E-state index >= 15 is 0 Å². The van der Waals surface area contributed by atoms with Gasteiger partial charge in [0.2, 0.25) is 0 Å². The van der Waals surface area contributed by atoms with Gasteiger partial charge in [-0.05, 0) is 6.92 Å². The molecule has 0 amide bonds. The van der Waals surface area contributed by atoms with Crippen molar-refractivity contribution in [2.45, 2.75) is 6.92 Å². The van der Waals surface area contributed by atoms with E-state index in [0.29, 0.717) is 0 Å². The fourth-order valence-corrected chi connectivity index (χ4v) is 1.20. The predicted molar refractivity (Wildman–Crippen MR) is 47.5 cm³/mol. The summed E-state index contributed by atoms with van der Waals surface area (Å²) in [5.41, 5.74) is 0. The van der Waals surface area contributed by atoms with E-state index in [1.807, 2.05) is 29.4 Å². The highest BCUT2D eigenvalue weighted by atomic mass is 32.3. The van der Waals surface area contributed by atoms with Crippen molar-refractivity contribution < 1.29 is 25.5 Å². The topological polar surface area (TPSA) is 70.3 Å². The monoisotopic (exact) mass is 243 g/mol. The second kappa shape index (κ2) is 5.89. The molecule has 0 saturated heterocycles. The minimum Gasteiger partial charge on any atom is -0.722 e. The highest BCUT2D eigenvalue weighted by molar-refractivity contribution is 7.80. The fourth-order valence-electron chi connectivity index (χ4n) is 0.624. The Balaban J connectivity index is 0.000000292. The number of nitrogens with zero attached hydrogens (tertiary/aromatic N) is 1. The number of hydrogen-bond acceptors (Lipinski definition) is 5. The summed E-state index contributed by atoms with van der Waals surface area (Å²) in [6.07, 6.45) is 0. The first kappa shape index (κ1) is 13.3. The molecule has 1 heterocycles. The van der Waals surface area contributed by atoms with E-state index in [1.54, 1.807) is 11.5 Å². The maximum absolute atomic E-state index is 10.1. The van der Waals surface area contributed by atoms with Crippen LogP contribution in [0.3, 0.4) is 0 Å². The summed E-state index contributed by atoms with van der Waals surface area (Å²) < 4.78 is 42.6.